The fourth-order valence-electron chi connectivity index (χ4n) is 4.05. The summed E-state index contributed by atoms with van der Waals surface area (Å²) in [5.74, 6) is 2.03. The van der Waals surface area contributed by atoms with E-state index in [2.05, 4.69) is 5.32 Å². The summed E-state index contributed by atoms with van der Waals surface area (Å²) >= 11 is 0. The van der Waals surface area contributed by atoms with Crippen molar-refractivity contribution in [2.45, 2.75) is 37.0 Å². The standard InChI is InChI=1S/C16H22N2O4S/c1-22-14-5-4-13(9-15(14)23(17,20)21)18-16(19)8-12-7-10-2-3-11(12)6-10/h4-5,9-12H,2-3,6-8H2,1H3,(H,18,19)(H2,17,20,21)/t10-,11-,12+/m1/s1. The quantitative estimate of drug-likeness (QED) is 0.859. The number of fused-ring (bicyclic) bond motifs is 2. The van der Waals surface area contributed by atoms with E-state index < -0.39 is 10.0 Å². The van der Waals surface area contributed by atoms with Crippen LogP contribution in [0.5, 0.6) is 5.75 Å². The lowest BCUT2D eigenvalue weighted by atomic mass is 9.86. The first-order valence-corrected chi connectivity index (χ1v) is 9.42. The Morgan fingerprint density at radius 3 is 2.70 bits per heavy atom. The van der Waals surface area contributed by atoms with E-state index in [1.54, 1.807) is 6.07 Å². The van der Waals surface area contributed by atoms with Crippen LogP contribution >= 0.6 is 0 Å². The molecular formula is C16H22N2O4S. The molecule has 7 heteroatoms. The minimum Gasteiger partial charge on any atom is -0.495 e. The molecule has 3 atom stereocenters. The van der Waals surface area contributed by atoms with Crippen LogP contribution in [0.2, 0.25) is 0 Å². The number of methoxy groups -OCH3 is 1. The minimum atomic E-state index is -3.91. The lowest BCUT2D eigenvalue weighted by Crippen LogP contribution is -2.20. The van der Waals surface area contributed by atoms with E-state index in [9.17, 15) is 13.2 Å². The van der Waals surface area contributed by atoms with E-state index in [1.165, 1.54) is 38.5 Å². The van der Waals surface area contributed by atoms with Crippen LogP contribution < -0.4 is 15.2 Å². The highest BCUT2D eigenvalue weighted by Crippen LogP contribution is 2.49. The number of sulfonamides is 1. The van der Waals surface area contributed by atoms with Crippen molar-refractivity contribution in [3.63, 3.8) is 0 Å². The predicted molar refractivity (Wildman–Crippen MR) is 86.6 cm³/mol. The number of primary sulfonamides is 1. The maximum absolute atomic E-state index is 12.2. The highest BCUT2D eigenvalue weighted by molar-refractivity contribution is 7.89. The van der Waals surface area contributed by atoms with Crippen molar-refractivity contribution in [1.29, 1.82) is 0 Å². The maximum Gasteiger partial charge on any atom is 0.241 e. The van der Waals surface area contributed by atoms with Crippen LogP contribution in [0.15, 0.2) is 23.1 Å². The number of carbonyl (C=O) groups excluding carboxylic acids is 1. The van der Waals surface area contributed by atoms with Gasteiger partial charge in [-0.3, -0.25) is 4.79 Å². The summed E-state index contributed by atoms with van der Waals surface area (Å²) < 4.78 is 28.2. The molecule has 0 heterocycles. The van der Waals surface area contributed by atoms with Gasteiger partial charge in [0.15, 0.2) is 0 Å². The minimum absolute atomic E-state index is 0.0758. The Morgan fingerprint density at radius 1 is 1.35 bits per heavy atom. The SMILES string of the molecule is COc1ccc(NC(=O)C[C@@H]2C[C@@H]3CC[C@@H]2C3)cc1S(N)(=O)=O. The monoisotopic (exact) mass is 338 g/mol. The van der Waals surface area contributed by atoms with Crippen LogP contribution in [0.25, 0.3) is 0 Å². The highest BCUT2D eigenvalue weighted by Gasteiger charge is 2.40. The van der Waals surface area contributed by atoms with Gasteiger partial charge in [-0.05, 0) is 55.2 Å². The second kappa shape index (κ2) is 6.13. The summed E-state index contributed by atoms with van der Waals surface area (Å²) in [4.78, 5) is 12.1. The number of nitrogens with two attached hydrogens (primary N) is 1. The number of rotatable bonds is 5. The third-order valence-corrected chi connectivity index (χ3v) is 6.02. The van der Waals surface area contributed by atoms with E-state index in [0.717, 1.165) is 12.3 Å². The molecule has 0 spiro atoms. The van der Waals surface area contributed by atoms with Gasteiger partial charge in [-0.1, -0.05) is 6.42 Å². The first-order valence-electron chi connectivity index (χ1n) is 7.87. The van der Waals surface area contributed by atoms with Crippen molar-refractivity contribution in [2.24, 2.45) is 22.9 Å². The number of hydrogen-bond donors (Lipinski definition) is 2. The first kappa shape index (κ1) is 16.3. The van der Waals surface area contributed by atoms with Crippen molar-refractivity contribution in [2.75, 3.05) is 12.4 Å². The molecule has 3 rings (SSSR count). The molecule has 23 heavy (non-hydrogen) atoms. The van der Waals surface area contributed by atoms with Crippen molar-refractivity contribution in [3.05, 3.63) is 18.2 Å². The Hall–Kier alpha value is -1.60. The largest absolute Gasteiger partial charge is 0.495 e. The van der Waals surface area contributed by atoms with Gasteiger partial charge in [0.05, 0.1) is 7.11 Å². The summed E-state index contributed by atoms with van der Waals surface area (Å²) in [6.07, 6.45) is 5.44. The number of hydrogen-bond acceptors (Lipinski definition) is 4. The van der Waals surface area contributed by atoms with Crippen LogP contribution in [0.4, 0.5) is 5.69 Å². The average Bonchev–Trinajstić information content (AvgIpc) is 3.08. The molecular weight excluding hydrogens is 316 g/mol. The van der Waals surface area contributed by atoms with E-state index in [4.69, 9.17) is 9.88 Å². The fraction of sp³-hybridized carbons (Fsp3) is 0.562. The fourth-order valence-corrected chi connectivity index (χ4v) is 4.78. The van der Waals surface area contributed by atoms with Gasteiger partial charge in [0, 0.05) is 12.1 Å². The van der Waals surface area contributed by atoms with Gasteiger partial charge in [0.25, 0.3) is 0 Å². The molecule has 0 aromatic heterocycles. The van der Waals surface area contributed by atoms with E-state index >= 15 is 0 Å². The van der Waals surface area contributed by atoms with Crippen LogP contribution in [0.3, 0.4) is 0 Å². The molecule has 1 aromatic carbocycles. The summed E-state index contributed by atoms with van der Waals surface area (Å²) in [6.45, 7) is 0. The van der Waals surface area contributed by atoms with Gasteiger partial charge >= 0.3 is 0 Å². The molecule has 0 unspecified atom stereocenters. The van der Waals surface area contributed by atoms with Gasteiger partial charge < -0.3 is 10.1 Å². The van der Waals surface area contributed by atoms with Crippen molar-refractivity contribution < 1.29 is 17.9 Å². The van der Waals surface area contributed by atoms with Gasteiger partial charge in [-0.25, -0.2) is 13.6 Å². The van der Waals surface area contributed by atoms with E-state index in [-0.39, 0.29) is 16.6 Å². The van der Waals surface area contributed by atoms with Gasteiger partial charge in [0.1, 0.15) is 10.6 Å². The molecule has 2 aliphatic rings. The number of ether oxygens (including phenoxy) is 1. The average molecular weight is 338 g/mol. The number of nitrogens with one attached hydrogen (secondary N) is 1. The van der Waals surface area contributed by atoms with Crippen molar-refractivity contribution in [3.8, 4) is 5.75 Å². The smallest absolute Gasteiger partial charge is 0.241 e. The molecule has 1 amide bonds. The molecule has 2 bridgehead atoms. The second-order valence-electron chi connectivity index (χ2n) is 6.60. The van der Waals surface area contributed by atoms with Gasteiger partial charge in [-0.15, -0.1) is 0 Å². The summed E-state index contributed by atoms with van der Waals surface area (Å²) in [5.41, 5.74) is 0.419. The zero-order valence-corrected chi connectivity index (χ0v) is 13.9. The highest BCUT2D eigenvalue weighted by atomic mass is 32.2. The van der Waals surface area contributed by atoms with Crippen molar-refractivity contribution in [1.82, 2.24) is 0 Å². The molecule has 0 aliphatic heterocycles. The molecule has 1 aromatic rings. The third-order valence-electron chi connectivity index (χ3n) is 5.09. The molecule has 2 aliphatic carbocycles. The summed E-state index contributed by atoms with van der Waals surface area (Å²) in [5, 5.41) is 7.96. The number of amides is 1. The Kier molecular flexibility index (Phi) is 4.33. The van der Waals surface area contributed by atoms with Crippen LogP contribution in [-0.4, -0.2) is 21.4 Å². The Bertz CT molecular complexity index is 717. The zero-order chi connectivity index (χ0) is 16.6. The second-order valence-corrected chi connectivity index (χ2v) is 8.13. The predicted octanol–water partition coefficient (Wildman–Crippen LogP) is 2.11. The van der Waals surface area contributed by atoms with Gasteiger partial charge in [0.2, 0.25) is 15.9 Å². The zero-order valence-electron chi connectivity index (χ0n) is 13.1. The van der Waals surface area contributed by atoms with E-state index in [0.29, 0.717) is 23.9 Å². The molecule has 2 saturated carbocycles. The molecule has 126 valence electrons. The topological polar surface area (TPSA) is 98.5 Å². The Morgan fingerprint density at radius 2 is 2.13 bits per heavy atom. The first-order chi connectivity index (χ1) is 10.9. The lowest BCUT2D eigenvalue weighted by molar-refractivity contribution is -0.117. The number of carbonyl (C=O) groups is 1. The lowest BCUT2D eigenvalue weighted by Gasteiger charge is -2.21. The Labute approximate surface area is 136 Å². The van der Waals surface area contributed by atoms with Crippen LogP contribution in [-0.2, 0) is 14.8 Å². The van der Waals surface area contributed by atoms with Gasteiger partial charge in [-0.2, -0.15) is 0 Å². The molecule has 0 radical (unpaired) electrons. The van der Waals surface area contributed by atoms with E-state index in [1.807, 2.05) is 0 Å². The third kappa shape index (κ3) is 3.50. The van der Waals surface area contributed by atoms with Crippen LogP contribution in [0.1, 0.15) is 32.1 Å². The molecule has 2 fully saturated rings. The summed E-state index contributed by atoms with van der Waals surface area (Å²) in [6, 6.07) is 4.45. The molecule has 0 saturated heterocycles. The Balaban J connectivity index is 1.69. The normalized spacial score (nSPS) is 26.3. The molecule has 6 nitrogen and oxygen atoms in total. The number of benzene rings is 1. The number of anilines is 1. The summed E-state index contributed by atoms with van der Waals surface area (Å²) in [7, 11) is -2.54. The van der Waals surface area contributed by atoms with Crippen molar-refractivity contribution >= 4 is 21.6 Å². The van der Waals surface area contributed by atoms with Crippen LogP contribution in [0, 0.1) is 17.8 Å². The maximum atomic E-state index is 12.2. The molecule has 3 N–H and O–H groups in total.